The molecule has 1 aromatic carbocycles. The molecular weight excluding hydrogens is 198 g/mol. The van der Waals surface area contributed by atoms with E-state index in [0.717, 1.165) is 5.56 Å². The number of hydrogen-bond donors (Lipinski definition) is 1. The minimum atomic E-state index is -0.405. The summed E-state index contributed by atoms with van der Waals surface area (Å²) in [4.78, 5) is 10.7. The largest absolute Gasteiger partial charge is 0.282 e. The maximum absolute atomic E-state index is 10.7. The van der Waals surface area contributed by atoms with Gasteiger partial charge in [0.2, 0.25) is 0 Å². The maximum atomic E-state index is 10.7. The minimum Gasteiger partial charge on any atom is -0.258 e. The van der Waals surface area contributed by atoms with Gasteiger partial charge in [-0.05, 0) is 17.0 Å². The van der Waals surface area contributed by atoms with Crippen molar-refractivity contribution in [3.63, 3.8) is 0 Å². The van der Waals surface area contributed by atoms with Crippen molar-refractivity contribution < 1.29 is 4.92 Å². The molecule has 4 heteroatoms. The highest BCUT2D eigenvalue weighted by atomic mass is 32.1. The van der Waals surface area contributed by atoms with E-state index in [1.165, 1.54) is 0 Å². The highest BCUT2D eigenvalue weighted by Crippen LogP contribution is 2.29. The van der Waals surface area contributed by atoms with Gasteiger partial charge in [0.1, 0.15) is 0 Å². The number of benzene rings is 1. The van der Waals surface area contributed by atoms with Crippen LogP contribution in [0.25, 0.3) is 0 Å². The number of nitrogens with zero attached hydrogens (tertiary/aromatic N) is 1. The third-order valence-electron chi connectivity index (χ3n) is 2.04. The Morgan fingerprint density at radius 2 is 1.93 bits per heavy atom. The summed E-state index contributed by atoms with van der Waals surface area (Å²) in [6.45, 7) is 6.05. The van der Waals surface area contributed by atoms with E-state index in [0.29, 0.717) is 4.90 Å². The summed E-state index contributed by atoms with van der Waals surface area (Å²) < 4.78 is 0. The second kappa shape index (κ2) is 3.61. The predicted molar refractivity (Wildman–Crippen MR) is 59.0 cm³/mol. The first-order valence-corrected chi connectivity index (χ1v) is 4.75. The van der Waals surface area contributed by atoms with Crippen LogP contribution in [0.5, 0.6) is 0 Å². The Labute approximate surface area is 88.7 Å². The first-order chi connectivity index (χ1) is 6.32. The maximum Gasteiger partial charge on any atom is 0.282 e. The van der Waals surface area contributed by atoms with Gasteiger partial charge in [-0.25, -0.2) is 0 Å². The van der Waals surface area contributed by atoms with E-state index in [1.807, 2.05) is 26.8 Å². The molecule has 0 heterocycles. The molecule has 0 atom stereocenters. The van der Waals surface area contributed by atoms with Crippen molar-refractivity contribution >= 4 is 18.3 Å². The lowest BCUT2D eigenvalue weighted by Gasteiger charge is -2.18. The third kappa shape index (κ3) is 2.26. The molecule has 0 fully saturated rings. The number of thiol groups is 1. The number of hydrogen-bond acceptors (Lipinski definition) is 3. The molecule has 14 heavy (non-hydrogen) atoms. The van der Waals surface area contributed by atoms with Crippen molar-refractivity contribution in [2.24, 2.45) is 0 Å². The molecule has 0 saturated carbocycles. The van der Waals surface area contributed by atoms with Gasteiger partial charge in [-0.15, -0.1) is 12.6 Å². The van der Waals surface area contributed by atoms with Crippen molar-refractivity contribution in [2.45, 2.75) is 31.1 Å². The quantitative estimate of drug-likeness (QED) is 0.440. The van der Waals surface area contributed by atoms with E-state index in [9.17, 15) is 10.1 Å². The van der Waals surface area contributed by atoms with Crippen LogP contribution in [-0.2, 0) is 5.41 Å². The first kappa shape index (κ1) is 11.0. The lowest BCUT2D eigenvalue weighted by Crippen LogP contribution is -2.11. The van der Waals surface area contributed by atoms with Crippen molar-refractivity contribution in [3.8, 4) is 0 Å². The Hall–Kier alpha value is -1.03. The standard InChI is InChI=1S/C10H13NO2S/c1-10(2,3)7-4-5-9(14)8(6-7)11(12)13/h4-6,14H,1-3H3. The van der Waals surface area contributed by atoms with Crippen LogP contribution in [0, 0.1) is 10.1 Å². The van der Waals surface area contributed by atoms with E-state index in [4.69, 9.17) is 0 Å². The minimum absolute atomic E-state index is 0.0701. The molecule has 0 aliphatic rings. The van der Waals surface area contributed by atoms with Crippen molar-refractivity contribution in [2.75, 3.05) is 0 Å². The van der Waals surface area contributed by atoms with Gasteiger partial charge in [-0.1, -0.05) is 26.8 Å². The molecule has 3 nitrogen and oxygen atoms in total. The van der Waals surface area contributed by atoms with Crippen LogP contribution in [0.2, 0.25) is 0 Å². The second-order valence-corrected chi connectivity index (χ2v) is 4.69. The highest BCUT2D eigenvalue weighted by molar-refractivity contribution is 7.80. The van der Waals surface area contributed by atoms with Crippen LogP contribution in [0.15, 0.2) is 23.1 Å². The van der Waals surface area contributed by atoms with Gasteiger partial charge in [0.05, 0.1) is 9.82 Å². The Morgan fingerprint density at radius 3 is 2.36 bits per heavy atom. The van der Waals surface area contributed by atoms with Gasteiger partial charge < -0.3 is 0 Å². The van der Waals surface area contributed by atoms with Gasteiger partial charge in [0.25, 0.3) is 5.69 Å². The normalized spacial score (nSPS) is 11.4. The van der Waals surface area contributed by atoms with Gasteiger partial charge >= 0.3 is 0 Å². The molecule has 1 rings (SSSR count). The molecule has 0 saturated heterocycles. The molecule has 0 aliphatic carbocycles. The van der Waals surface area contributed by atoms with E-state index in [2.05, 4.69) is 12.6 Å². The summed E-state index contributed by atoms with van der Waals surface area (Å²) in [6, 6.07) is 5.12. The number of rotatable bonds is 1. The van der Waals surface area contributed by atoms with Crippen LogP contribution >= 0.6 is 12.6 Å². The predicted octanol–water partition coefficient (Wildman–Crippen LogP) is 3.18. The fourth-order valence-corrected chi connectivity index (χ4v) is 1.36. The Morgan fingerprint density at radius 1 is 1.36 bits per heavy atom. The third-order valence-corrected chi connectivity index (χ3v) is 2.42. The molecule has 0 unspecified atom stereocenters. The highest BCUT2D eigenvalue weighted by Gasteiger charge is 2.19. The number of nitro benzene ring substituents is 1. The van der Waals surface area contributed by atoms with Crippen LogP contribution < -0.4 is 0 Å². The molecule has 0 aromatic heterocycles. The monoisotopic (exact) mass is 211 g/mol. The molecule has 0 N–H and O–H groups in total. The SMILES string of the molecule is CC(C)(C)c1ccc(S)c([N+](=O)[O-])c1. The zero-order chi connectivity index (χ0) is 10.9. The first-order valence-electron chi connectivity index (χ1n) is 4.30. The Balaban J connectivity index is 3.27. The van der Waals surface area contributed by atoms with Crippen LogP contribution in [0.4, 0.5) is 5.69 Å². The van der Waals surface area contributed by atoms with E-state index in [-0.39, 0.29) is 11.1 Å². The topological polar surface area (TPSA) is 43.1 Å². The second-order valence-electron chi connectivity index (χ2n) is 4.21. The average molecular weight is 211 g/mol. The summed E-state index contributed by atoms with van der Waals surface area (Å²) >= 11 is 4.04. The van der Waals surface area contributed by atoms with Gasteiger partial charge in [0.15, 0.2) is 0 Å². The zero-order valence-electron chi connectivity index (χ0n) is 8.44. The van der Waals surface area contributed by atoms with Crippen LogP contribution in [0.1, 0.15) is 26.3 Å². The molecule has 1 aromatic rings. The fourth-order valence-electron chi connectivity index (χ4n) is 1.14. The van der Waals surface area contributed by atoms with Crippen molar-refractivity contribution in [1.29, 1.82) is 0 Å². The van der Waals surface area contributed by atoms with Crippen molar-refractivity contribution in [3.05, 3.63) is 33.9 Å². The Kier molecular flexibility index (Phi) is 2.85. The van der Waals surface area contributed by atoms with E-state index < -0.39 is 4.92 Å². The Bertz CT molecular complexity index is 369. The smallest absolute Gasteiger partial charge is 0.258 e. The molecule has 0 aliphatic heterocycles. The summed E-state index contributed by atoms with van der Waals surface area (Å²) in [5.41, 5.74) is 0.939. The lowest BCUT2D eigenvalue weighted by molar-refractivity contribution is -0.387. The van der Waals surface area contributed by atoms with E-state index in [1.54, 1.807) is 12.1 Å². The molecule has 0 bridgehead atoms. The molecule has 0 spiro atoms. The summed E-state index contributed by atoms with van der Waals surface area (Å²) in [5.74, 6) is 0. The van der Waals surface area contributed by atoms with Crippen LogP contribution in [-0.4, -0.2) is 4.92 Å². The van der Waals surface area contributed by atoms with Crippen molar-refractivity contribution in [1.82, 2.24) is 0 Å². The molecular formula is C10H13NO2S. The fraction of sp³-hybridized carbons (Fsp3) is 0.400. The van der Waals surface area contributed by atoms with E-state index >= 15 is 0 Å². The summed E-state index contributed by atoms with van der Waals surface area (Å²) in [5, 5.41) is 10.7. The molecule has 0 amide bonds. The van der Waals surface area contributed by atoms with Crippen LogP contribution in [0.3, 0.4) is 0 Å². The molecule has 0 radical (unpaired) electrons. The molecule has 76 valence electrons. The summed E-state index contributed by atoms with van der Waals surface area (Å²) in [7, 11) is 0. The zero-order valence-corrected chi connectivity index (χ0v) is 9.34. The average Bonchev–Trinajstić information content (AvgIpc) is 2.02. The number of nitro groups is 1. The summed E-state index contributed by atoms with van der Waals surface area (Å²) in [6.07, 6.45) is 0. The lowest BCUT2D eigenvalue weighted by atomic mass is 9.87. The van der Waals surface area contributed by atoms with Gasteiger partial charge in [-0.3, -0.25) is 10.1 Å². The van der Waals surface area contributed by atoms with Gasteiger partial charge in [-0.2, -0.15) is 0 Å². The van der Waals surface area contributed by atoms with Gasteiger partial charge in [0, 0.05) is 6.07 Å².